The van der Waals surface area contributed by atoms with Gasteiger partial charge in [-0.2, -0.15) is 0 Å². The molecule has 1 amide bonds. The van der Waals surface area contributed by atoms with Crippen LogP contribution in [0.3, 0.4) is 0 Å². The molecule has 20 heavy (non-hydrogen) atoms. The molecule has 2 heterocycles. The van der Waals surface area contributed by atoms with Gasteiger partial charge in [-0.25, -0.2) is 4.98 Å². The Bertz CT molecular complexity index is 584. The largest absolute Gasteiger partial charge is 0.370 e. The summed E-state index contributed by atoms with van der Waals surface area (Å²) < 4.78 is 3.60. The molecule has 0 bridgehead atoms. The highest BCUT2D eigenvalue weighted by molar-refractivity contribution is 7.09. The smallest absolute Gasteiger partial charge is 0.257 e. The van der Waals surface area contributed by atoms with Gasteiger partial charge in [0.1, 0.15) is 5.82 Å². The monoisotopic (exact) mass is 292 g/mol. The van der Waals surface area contributed by atoms with E-state index in [0.29, 0.717) is 16.5 Å². The number of hydrogen-bond acceptors (Lipinski definition) is 7. The molecule has 0 aromatic carbocycles. The van der Waals surface area contributed by atoms with Crippen LogP contribution in [0.5, 0.6) is 0 Å². The number of nitrogens with one attached hydrogen (secondary N) is 2. The Morgan fingerprint density at radius 1 is 1.40 bits per heavy atom. The van der Waals surface area contributed by atoms with Gasteiger partial charge in [-0.05, 0) is 30.2 Å². The minimum atomic E-state index is -0.244. The van der Waals surface area contributed by atoms with E-state index in [0.717, 1.165) is 23.8 Å². The molecule has 0 aliphatic carbocycles. The van der Waals surface area contributed by atoms with Gasteiger partial charge < -0.3 is 5.32 Å². The third-order valence-electron chi connectivity index (χ3n) is 2.58. The van der Waals surface area contributed by atoms with E-state index in [1.54, 1.807) is 12.1 Å². The molecular formula is C12H16N6OS. The van der Waals surface area contributed by atoms with Crippen LogP contribution in [0.4, 0.5) is 10.9 Å². The molecule has 8 heteroatoms. The van der Waals surface area contributed by atoms with Crippen LogP contribution in [0.2, 0.25) is 0 Å². The summed E-state index contributed by atoms with van der Waals surface area (Å²) in [6, 6.07) is 3.51. The standard InChI is InChI=1S/C12H16N6OS/c1-4-13-10-6-8(5-9(14-10)7(2)3)11(19)15-12-16-17-18-20-12/h5-7H,4H2,1-3H3,(H,13,14)(H,15,16,18,19). The number of anilines is 2. The van der Waals surface area contributed by atoms with Gasteiger partial charge in [-0.3, -0.25) is 10.1 Å². The summed E-state index contributed by atoms with van der Waals surface area (Å²) in [5, 5.41) is 13.3. The van der Waals surface area contributed by atoms with Gasteiger partial charge >= 0.3 is 0 Å². The summed E-state index contributed by atoms with van der Waals surface area (Å²) in [7, 11) is 0. The highest BCUT2D eigenvalue weighted by Gasteiger charge is 2.13. The molecule has 2 aromatic rings. The van der Waals surface area contributed by atoms with Crippen molar-refractivity contribution in [3.63, 3.8) is 0 Å². The van der Waals surface area contributed by atoms with Crippen molar-refractivity contribution < 1.29 is 4.79 Å². The highest BCUT2D eigenvalue weighted by Crippen LogP contribution is 2.18. The van der Waals surface area contributed by atoms with Gasteiger partial charge in [-0.1, -0.05) is 23.4 Å². The average Bonchev–Trinajstić information content (AvgIpc) is 2.91. The van der Waals surface area contributed by atoms with Gasteiger partial charge in [0.05, 0.1) is 0 Å². The maximum absolute atomic E-state index is 12.2. The summed E-state index contributed by atoms with van der Waals surface area (Å²) in [5.41, 5.74) is 1.40. The van der Waals surface area contributed by atoms with Crippen LogP contribution in [0.25, 0.3) is 0 Å². The van der Waals surface area contributed by atoms with Crippen molar-refractivity contribution in [1.29, 1.82) is 0 Å². The molecule has 2 N–H and O–H groups in total. The normalized spacial score (nSPS) is 10.6. The van der Waals surface area contributed by atoms with Crippen molar-refractivity contribution in [2.45, 2.75) is 26.7 Å². The lowest BCUT2D eigenvalue weighted by Crippen LogP contribution is -2.14. The fourth-order valence-corrected chi connectivity index (χ4v) is 1.96. The average molecular weight is 292 g/mol. The van der Waals surface area contributed by atoms with E-state index in [9.17, 15) is 4.79 Å². The molecule has 0 fully saturated rings. The quantitative estimate of drug-likeness (QED) is 0.877. The van der Waals surface area contributed by atoms with Crippen LogP contribution in [-0.4, -0.2) is 32.2 Å². The van der Waals surface area contributed by atoms with E-state index in [1.165, 1.54) is 0 Å². The van der Waals surface area contributed by atoms with Crippen molar-refractivity contribution in [3.05, 3.63) is 23.4 Å². The van der Waals surface area contributed by atoms with Crippen LogP contribution >= 0.6 is 11.5 Å². The third-order valence-corrected chi connectivity index (χ3v) is 3.09. The number of hydrogen-bond donors (Lipinski definition) is 2. The fraction of sp³-hybridized carbons (Fsp3) is 0.417. The predicted octanol–water partition coefficient (Wildman–Crippen LogP) is 2.14. The predicted molar refractivity (Wildman–Crippen MR) is 78.1 cm³/mol. The Labute approximate surface area is 121 Å². The lowest BCUT2D eigenvalue weighted by atomic mass is 10.1. The van der Waals surface area contributed by atoms with Crippen molar-refractivity contribution in [2.24, 2.45) is 0 Å². The first kappa shape index (κ1) is 14.3. The first-order valence-corrected chi connectivity index (χ1v) is 7.09. The lowest BCUT2D eigenvalue weighted by molar-refractivity contribution is 0.102. The van der Waals surface area contributed by atoms with E-state index in [1.807, 2.05) is 20.8 Å². The number of carbonyl (C=O) groups is 1. The summed E-state index contributed by atoms with van der Waals surface area (Å²) >= 11 is 1.04. The van der Waals surface area contributed by atoms with Gasteiger partial charge in [0.2, 0.25) is 5.13 Å². The number of nitrogens with zero attached hydrogens (tertiary/aromatic N) is 4. The van der Waals surface area contributed by atoms with E-state index in [-0.39, 0.29) is 11.8 Å². The lowest BCUT2D eigenvalue weighted by Gasteiger charge is -2.11. The number of aromatic nitrogens is 4. The van der Waals surface area contributed by atoms with E-state index in [2.05, 4.69) is 30.4 Å². The second-order valence-corrected chi connectivity index (χ2v) is 5.21. The Balaban J connectivity index is 2.27. The summed E-state index contributed by atoms with van der Waals surface area (Å²) in [6.07, 6.45) is 0. The molecule has 0 atom stereocenters. The Hall–Kier alpha value is -2.09. The molecule has 106 valence electrons. The zero-order valence-corrected chi connectivity index (χ0v) is 12.4. The molecule has 0 saturated heterocycles. The zero-order valence-electron chi connectivity index (χ0n) is 11.5. The molecule has 0 unspecified atom stereocenters. The summed E-state index contributed by atoms with van der Waals surface area (Å²) in [6.45, 7) is 6.80. The van der Waals surface area contributed by atoms with Gasteiger partial charge in [0.15, 0.2) is 0 Å². The van der Waals surface area contributed by atoms with Crippen LogP contribution in [0.15, 0.2) is 12.1 Å². The van der Waals surface area contributed by atoms with Crippen LogP contribution in [0.1, 0.15) is 42.7 Å². The number of rotatable bonds is 5. The molecule has 0 spiro atoms. The van der Waals surface area contributed by atoms with Gasteiger partial charge in [0, 0.05) is 29.3 Å². The Kier molecular flexibility index (Phi) is 4.57. The first-order chi connectivity index (χ1) is 9.60. The Morgan fingerprint density at radius 2 is 2.20 bits per heavy atom. The molecule has 0 aliphatic rings. The van der Waals surface area contributed by atoms with Crippen molar-refractivity contribution >= 4 is 28.4 Å². The second kappa shape index (κ2) is 6.38. The van der Waals surface area contributed by atoms with E-state index < -0.39 is 0 Å². The van der Waals surface area contributed by atoms with Gasteiger partial charge in [0.25, 0.3) is 5.91 Å². The number of pyridine rings is 1. The molecule has 2 aromatic heterocycles. The second-order valence-electron chi connectivity index (χ2n) is 4.47. The van der Waals surface area contributed by atoms with Crippen LogP contribution < -0.4 is 10.6 Å². The minimum absolute atomic E-state index is 0.239. The van der Waals surface area contributed by atoms with Crippen molar-refractivity contribution in [1.82, 2.24) is 19.8 Å². The molecular weight excluding hydrogens is 276 g/mol. The molecule has 0 saturated carbocycles. The maximum atomic E-state index is 12.2. The molecule has 2 rings (SSSR count). The molecule has 0 radical (unpaired) electrons. The van der Waals surface area contributed by atoms with E-state index in [4.69, 9.17) is 0 Å². The van der Waals surface area contributed by atoms with Crippen LogP contribution in [-0.2, 0) is 0 Å². The summed E-state index contributed by atoms with van der Waals surface area (Å²) in [5.74, 6) is 0.689. The Morgan fingerprint density at radius 3 is 2.80 bits per heavy atom. The van der Waals surface area contributed by atoms with Crippen molar-refractivity contribution in [2.75, 3.05) is 17.2 Å². The first-order valence-electron chi connectivity index (χ1n) is 6.32. The SMILES string of the molecule is CCNc1cc(C(=O)Nc2nnns2)cc(C(C)C)n1. The minimum Gasteiger partial charge on any atom is -0.370 e. The molecule has 0 aliphatic heterocycles. The third kappa shape index (κ3) is 3.47. The topological polar surface area (TPSA) is 92.7 Å². The fourth-order valence-electron chi connectivity index (χ4n) is 1.60. The van der Waals surface area contributed by atoms with Gasteiger partial charge in [-0.15, -0.1) is 0 Å². The van der Waals surface area contributed by atoms with E-state index >= 15 is 0 Å². The zero-order chi connectivity index (χ0) is 14.5. The summed E-state index contributed by atoms with van der Waals surface area (Å²) in [4.78, 5) is 16.7. The molecule has 7 nitrogen and oxygen atoms in total. The number of carbonyl (C=O) groups excluding carboxylic acids is 1. The number of amides is 1. The van der Waals surface area contributed by atoms with Crippen LogP contribution in [0, 0.1) is 0 Å². The van der Waals surface area contributed by atoms with Crippen molar-refractivity contribution in [3.8, 4) is 0 Å². The maximum Gasteiger partial charge on any atom is 0.257 e. The highest BCUT2D eigenvalue weighted by atomic mass is 32.1.